The van der Waals surface area contributed by atoms with Crippen LogP contribution >= 0.6 is 70.3 Å². The van der Waals surface area contributed by atoms with Gasteiger partial charge in [-0.05, 0) is 6.92 Å². The molecule has 0 spiro atoms. The maximum atomic E-state index is 13.0. The van der Waals surface area contributed by atoms with Gasteiger partial charge >= 0.3 is 13.5 Å². The fraction of sp³-hybridized carbons (Fsp3) is 0.500. The molecular weight excluding hydrogens is 376 g/mol. The quantitative estimate of drug-likeness (QED) is 0.809. The lowest BCUT2D eigenvalue weighted by Gasteiger charge is -2.08. The zero-order chi connectivity index (χ0) is 14.3. The van der Waals surface area contributed by atoms with Crippen molar-refractivity contribution in [2.75, 3.05) is 0 Å². The highest BCUT2D eigenvalue weighted by Gasteiger charge is 2.33. The molecule has 0 saturated heterocycles. The van der Waals surface area contributed by atoms with Crippen molar-refractivity contribution < 1.29 is 13.9 Å². The summed E-state index contributed by atoms with van der Waals surface area (Å²) < 4.78 is 21.5. The number of alkyl halides is 6. The molecule has 0 radical (unpaired) electrons. The number of aromatic nitrogens is 2. The van der Waals surface area contributed by atoms with Gasteiger partial charge in [0.05, 0.1) is 5.69 Å². The minimum Gasteiger partial charge on any atom is -0.492 e. The molecule has 1 rings (SSSR count). The van der Waals surface area contributed by atoms with Gasteiger partial charge in [-0.15, -0.1) is 0 Å². The Labute approximate surface area is 128 Å². The average Bonchev–Trinajstić information content (AvgIpc) is 2.31. The van der Waals surface area contributed by atoms with Crippen LogP contribution in [0.2, 0.25) is 0 Å². The Kier molecular flexibility index (Phi) is 5.06. The Morgan fingerprint density at radius 3 is 1.89 bits per heavy atom. The Bertz CT molecular complexity index is 465. The Hall–Kier alpha value is 0.530. The summed E-state index contributed by atoms with van der Waals surface area (Å²) in [5.74, 6) is -0.654. The topological polar surface area (TPSA) is 47.2 Å². The molecule has 1 aromatic heterocycles. The number of hydrogen-bond donors (Lipinski definition) is 1. The average molecular weight is 380 g/mol. The van der Waals surface area contributed by atoms with Gasteiger partial charge in [-0.2, -0.15) is 12.8 Å². The van der Waals surface area contributed by atoms with Crippen LogP contribution in [-0.2, 0) is 0 Å². The third kappa shape index (κ3) is 4.28. The lowest BCUT2D eigenvalue weighted by molar-refractivity contribution is 0.443. The molecule has 0 aliphatic rings. The number of rotatable bonds is 4. The van der Waals surface area contributed by atoms with Gasteiger partial charge in [-0.25, -0.2) is 8.77 Å². The van der Waals surface area contributed by atoms with Crippen LogP contribution in [-0.4, -0.2) is 20.9 Å². The molecular formula is C6H4Cl4F2N2O2S2. The molecule has 0 aromatic carbocycles. The van der Waals surface area contributed by atoms with Crippen molar-refractivity contribution in [3.05, 3.63) is 16.2 Å². The predicted molar refractivity (Wildman–Crippen MR) is 72.2 cm³/mol. The highest BCUT2D eigenvalue weighted by molar-refractivity contribution is 8.02. The van der Waals surface area contributed by atoms with E-state index in [1.165, 1.54) is 6.92 Å². The Morgan fingerprint density at radius 1 is 1.11 bits per heavy atom. The van der Waals surface area contributed by atoms with E-state index in [-0.39, 0.29) is 29.6 Å². The molecule has 0 unspecified atom stereocenters. The molecule has 0 amide bonds. The molecule has 1 N–H and O–H groups in total. The normalized spacial score (nSPS) is 13.1. The molecule has 0 atom stereocenters. The SMILES string of the molecule is Cc1c(O)n(SC(F)(Cl)Cl)c(=O)n1SC(F)(Cl)Cl. The van der Waals surface area contributed by atoms with Crippen molar-refractivity contribution in [1.29, 1.82) is 0 Å². The van der Waals surface area contributed by atoms with Crippen molar-refractivity contribution in [3.8, 4) is 5.88 Å². The van der Waals surface area contributed by atoms with Crippen LogP contribution in [0.1, 0.15) is 5.69 Å². The summed E-state index contributed by atoms with van der Waals surface area (Å²) in [4.78, 5) is 11.7. The van der Waals surface area contributed by atoms with E-state index in [4.69, 9.17) is 46.4 Å². The molecule has 0 bridgehead atoms. The molecule has 4 nitrogen and oxygen atoms in total. The van der Waals surface area contributed by atoms with Crippen molar-refractivity contribution in [2.24, 2.45) is 0 Å². The van der Waals surface area contributed by atoms with Gasteiger partial charge in [0.1, 0.15) is 0 Å². The summed E-state index contributed by atoms with van der Waals surface area (Å²) in [7, 11) is 0. The zero-order valence-electron chi connectivity index (χ0n) is 8.33. The van der Waals surface area contributed by atoms with E-state index in [0.717, 1.165) is 0 Å². The Balaban J connectivity index is 3.25. The Morgan fingerprint density at radius 2 is 1.50 bits per heavy atom. The maximum Gasteiger partial charge on any atom is 0.352 e. The highest BCUT2D eigenvalue weighted by atomic mass is 35.5. The summed E-state index contributed by atoms with van der Waals surface area (Å²) in [5, 5.41) is 9.57. The number of halogens is 6. The molecule has 18 heavy (non-hydrogen) atoms. The van der Waals surface area contributed by atoms with E-state index >= 15 is 0 Å². The van der Waals surface area contributed by atoms with E-state index in [0.29, 0.717) is 7.94 Å². The first kappa shape index (κ1) is 16.6. The minimum absolute atomic E-state index is 0.00944. The van der Waals surface area contributed by atoms with Gasteiger partial charge in [-0.3, -0.25) is 0 Å². The van der Waals surface area contributed by atoms with Gasteiger partial charge in [0.15, 0.2) is 0 Å². The number of aromatic hydroxyl groups is 1. The highest BCUT2D eigenvalue weighted by Crippen LogP contribution is 2.41. The molecule has 0 aliphatic carbocycles. The van der Waals surface area contributed by atoms with Gasteiger partial charge in [0.2, 0.25) is 5.88 Å². The smallest absolute Gasteiger partial charge is 0.352 e. The molecule has 0 saturated carbocycles. The zero-order valence-corrected chi connectivity index (χ0v) is 13.0. The van der Waals surface area contributed by atoms with E-state index in [1.807, 2.05) is 0 Å². The van der Waals surface area contributed by atoms with Crippen molar-refractivity contribution in [1.82, 2.24) is 7.94 Å². The minimum atomic E-state index is -2.85. The first-order valence-corrected chi connectivity index (χ1v) is 7.04. The lowest BCUT2D eigenvalue weighted by Crippen LogP contribution is -2.22. The third-order valence-electron chi connectivity index (χ3n) is 1.56. The standard InChI is InChI=1S/C6H4Cl4F2N2O2S2/c1-2-3(15)14(18-6(9,10)12)4(16)13(2)17-5(7,8)11/h15H,1H3. The van der Waals surface area contributed by atoms with Crippen LogP contribution in [0.5, 0.6) is 5.88 Å². The fourth-order valence-electron chi connectivity index (χ4n) is 0.951. The van der Waals surface area contributed by atoms with Gasteiger partial charge in [-0.1, -0.05) is 46.4 Å². The molecule has 1 heterocycles. The van der Waals surface area contributed by atoms with Crippen molar-refractivity contribution in [2.45, 2.75) is 14.8 Å². The van der Waals surface area contributed by atoms with Gasteiger partial charge < -0.3 is 5.11 Å². The molecule has 1 aromatic rings. The summed E-state index contributed by atoms with van der Waals surface area (Å²) in [6, 6.07) is 0. The first-order chi connectivity index (χ1) is 7.92. The summed E-state index contributed by atoms with van der Waals surface area (Å²) in [6.45, 7) is 1.27. The second kappa shape index (κ2) is 5.49. The summed E-state index contributed by atoms with van der Waals surface area (Å²) in [5.41, 5.74) is -1.11. The second-order valence-corrected chi connectivity index (χ2v) is 8.44. The predicted octanol–water partition coefficient (Wildman–Crippen LogP) is 3.77. The largest absolute Gasteiger partial charge is 0.492 e. The maximum absolute atomic E-state index is 13.0. The van der Waals surface area contributed by atoms with Crippen LogP contribution in [0.15, 0.2) is 4.79 Å². The number of imidazole rings is 1. The van der Waals surface area contributed by atoms with E-state index in [9.17, 15) is 18.7 Å². The number of nitrogens with zero attached hydrogens (tertiary/aromatic N) is 2. The van der Waals surface area contributed by atoms with Gasteiger partial charge in [0.25, 0.3) is 0 Å². The lowest BCUT2D eigenvalue weighted by atomic mass is 10.5. The first-order valence-electron chi connectivity index (χ1n) is 3.98. The molecule has 0 aliphatic heterocycles. The van der Waals surface area contributed by atoms with Gasteiger partial charge in [0, 0.05) is 23.9 Å². The van der Waals surface area contributed by atoms with Crippen molar-refractivity contribution >= 4 is 70.3 Å². The van der Waals surface area contributed by atoms with Crippen LogP contribution in [0, 0.1) is 6.92 Å². The molecule has 104 valence electrons. The van der Waals surface area contributed by atoms with Crippen LogP contribution in [0.4, 0.5) is 8.78 Å². The monoisotopic (exact) mass is 378 g/mol. The number of hydrogen-bond acceptors (Lipinski definition) is 4. The molecule has 12 heteroatoms. The molecule has 0 fully saturated rings. The van der Waals surface area contributed by atoms with Crippen molar-refractivity contribution in [3.63, 3.8) is 0 Å². The van der Waals surface area contributed by atoms with Crippen LogP contribution in [0.25, 0.3) is 0 Å². The second-order valence-electron chi connectivity index (χ2n) is 2.85. The van der Waals surface area contributed by atoms with Crippen LogP contribution < -0.4 is 5.69 Å². The summed E-state index contributed by atoms with van der Waals surface area (Å²) in [6.07, 6.45) is 0. The van der Waals surface area contributed by atoms with Crippen LogP contribution in [0.3, 0.4) is 0 Å². The van der Waals surface area contributed by atoms with E-state index < -0.39 is 19.4 Å². The summed E-state index contributed by atoms with van der Waals surface area (Å²) >= 11 is 20.3. The van der Waals surface area contributed by atoms with E-state index in [1.54, 1.807) is 0 Å². The third-order valence-corrected chi connectivity index (χ3v) is 3.92. The van der Waals surface area contributed by atoms with E-state index in [2.05, 4.69) is 0 Å². The fourth-order valence-corrected chi connectivity index (χ4v) is 3.00.